The van der Waals surface area contributed by atoms with Crippen molar-refractivity contribution in [2.45, 2.75) is 64.8 Å². The molecule has 1 unspecified atom stereocenters. The van der Waals surface area contributed by atoms with Gasteiger partial charge in [-0.1, -0.05) is 56.3 Å². The molecule has 1 saturated carbocycles. The largest absolute Gasteiger partial charge is 0.310 e. The van der Waals surface area contributed by atoms with Crippen molar-refractivity contribution >= 4 is 11.6 Å². The average Bonchev–Trinajstić information content (AvgIpc) is 2.72. The fraction of sp³-hybridized carbons (Fsp3) is 0.667. The summed E-state index contributed by atoms with van der Waals surface area (Å²) in [5.74, 6) is 0.782. The van der Waals surface area contributed by atoms with E-state index in [2.05, 4.69) is 37.4 Å². The highest BCUT2D eigenvalue weighted by atomic mass is 35.5. The first-order valence-corrected chi connectivity index (χ1v) is 8.59. The number of aryl methyl sites for hydroxylation is 1. The fourth-order valence-corrected chi connectivity index (χ4v) is 3.48. The average molecular weight is 294 g/mol. The molecule has 0 aromatic heterocycles. The molecule has 0 radical (unpaired) electrons. The van der Waals surface area contributed by atoms with Crippen LogP contribution < -0.4 is 5.32 Å². The van der Waals surface area contributed by atoms with Gasteiger partial charge < -0.3 is 5.32 Å². The summed E-state index contributed by atoms with van der Waals surface area (Å²) >= 11 is 6.18. The third kappa shape index (κ3) is 4.23. The highest BCUT2D eigenvalue weighted by molar-refractivity contribution is 6.31. The Morgan fingerprint density at radius 1 is 1.20 bits per heavy atom. The molecule has 0 amide bonds. The Labute approximate surface area is 129 Å². The lowest BCUT2D eigenvalue weighted by Gasteiger charge is -2.28. The molecule has 112 valence electrons. The molecular weight excluding hydrogens is 266 g/mol. The van der Waals surface area contributed by atoms with E-state index in [1.54, 1.807) is 0 Å². The van der Waals surface area contributed by atoms with Gasteiger partial charge in [0, 0.05) is 11.1 Å². The van der Waals surface area contributed by atoms with Crippen molar-refractivity contribution in [2.75, 3.05) is 6.54 Å². The minimum absolute atomic E-state index is 0.504. The first-order chi connectivity index (χ1) is 9.72. The summed E-state index contributed by atoms with van der Waals surface area (Å²) in [6.45, 7) is 5.45. The van der Waals surface area contributed by atoms with Crippen LogP contribution in [0.2, 0.25) is 5.02 Å². The summed E-state index contributed by atoms with van der Waals surface area (Å²) in [4.78, 5) is 0. The summed E-state index contributed by atoms with van der Waals surface area (Å²) in [5, 5.41) is 4.67. The van der Waals surface area contributed by atoms with Gasteiger partial charge in [0.25, 0.3) is 0 Å². The second-order valence-corrected chi connectivity index (χ2v) is 6.60. The Bertz CT molecular complexity index is 408. The number of benzene rings is 1. The van der Waals surface area contributed by atoms with Gasteiger partial charge in [0.05, 0.1) is 0 Å². The topological polar surface area (TPSA) is 12.0 Å². The third-order valence-corrected chi connectivity index (χ3v) is 4.95. The highest BCUT2D eigenvalue weighted by Gasteiger charge is 2.23. The fourth-order valence-electron chi connectivity index (χ4n) is 3.36. The van der Waals surface area contributed by atoms with Gasteiger partial charge in [-0.2, -0.15) is 0 Å². The maximum absolute atomic E-state index is 6.18. The van der Waals surface area contributed by atoms with Crippen LogP contribution in [0.4, 0.5) is 0 Å². The molecule has 1 nitrogen and oxygen atoms in total. The number of hydrogen-bond acceptors (Lipinski definition) is 1. The van der Waals surface area contributed by atoms with Gasteiger partial charge in [-0.15, -0.1) is 0 Å². The van der Waals surface area contributed by atoms with Gasteiger partial charge in [-0.05, 0) is 55.8 Å². The van der Waals surface area contributed by atoms with E-state index in [4.69, 9.17) is 11.6 Å². The molecule has 1 N–H and O–H groups in total. The second kappa shape index (κ2) is 8.05. The van der Waals surface area contributed by atoms with Crippen molar-refractivity contribution in [2.24, 2.45) is 5.92 Å². The van der Waals surface area contributed by atoms with Gasteiger partial charge in [-0.3, -0.25) is 0 Å². The minimum atomic E-state index is 0.504. The Hall–Kier alpha value is -0.530. The Morgan fingerprint density at radius 2 is 1.90 bits per heavy atom. The molecule has 1 fully saturated rings. The van der Waals surface area contributed by atoms with Crippen LogP contribution >= 0.6 is 11.6 Å². The quantitative estimate of drug-likeness (QED) is 0.691. The first-order valence-electron chi connectivity index (χ1n) is 8.21. The monoisotopic (exact) mass is 293 g/mol. The smallest absolute Gasteiger partial charge is 0.0435 e. The molecule has 1 aromatic carbocycles. The van der Waals surface area contributed by atoms with Gasteiger partial charge in [0.1, 0.15) is 0 Å². The number of rotatable bonds is 5. The molecule has 0 spiro atoms. The van der Waals surface area contributed by atoms with Gasteiger partial charge in [-0.25, -0.2) is 0 Å². The summed E-state index contributed by atoms with van der Waals surface area (Å²) in [5.41, 5.74) is 2.62. The summed E-state index contributed by atoms with van der Waals surface area (Å²) < 4.78 is 0. The van der Waals surface area contributed by atoms with Gasteiger partial charge >= 0.3 is 0 Å². The third-order valence-electron chi connectivity index (χ3n) is 4.53. The molecule has 0 saturated heterocycles. The van der Waals surface area contributed by atoms with E-state index in [0.29, 0.717) is 6.04 Å². The van der Waals surface area contributed by atoms with Gasteiger partial charge in [0.15, 0.2) is 0 Å². The van der Waals surface area contributed by atoms with Crippen molar-refractivity contribution in [1.82, 2.24) is 5.32 Å². The van der Waals surface area contributed by atoms with Crippen molar-refractivity contribution in [3.63, 3.8) is 0 Å². The molecule has 0 heterocycles. The van der Waals surface area contributed by atoms with Crippen LogP contribution in [-0.2, 0) is 0 Å². The van der Waals surface area contributed by atoms with Crippen molar-refractivity contribution in [3.05, 3.63) is 34.3 Å². The van der Waals surface area contributed by atoms with Crippen LogP contribution in [0.15, 0.2) is 18.2 Å². The van der Waals surface area contributed by atoms with Crippen molar-refractivity contribution < 1.29 is 0 Å². The van der Waals surface area contributed by atoms with Crippen LogP contribution in [0.25, 0.3) is 0 Å². The molecule has 1 aromatic rings. The highest BCUT2D eigenvalue weighted by Crippen LogP contribution is 2.34. The maximum Gasteiger partial charge on any atom is 0.0435 e. The van der Waals surface area contributed by atoms with Crippen molar-refractivity contribution in [3.8, 4) is 0 Å². The lowest BCUT2D eigenvalue weighted by atomic mass is 9.86. The maximum atomic E-state index is 6.18. The van der Waals surface area contributed by atoms with Crippen LogP contribution in [0, 0.1) is 12.8 Å². The Balaban J connectivity index is 2.18. The molecule has 2 heteroatoms. The zero-order valence-corrected chi connectivity index (χ0v) is 13.7. The number of hydrogen-bond donors (Lipinski definition) is 1. The molecule has 0 bridgehead atoms. The van der Waals surface area contributed by atoms with E-state index >= 15 is 0 Å². The normalized spacial score (nSPS) is 18.8. The van der Waals surface area contributed by atoms with E-state index in [1.165, 1.54) is 56.1 Å². The molecule has 1 atom stereocenters. The minimum Gasteiger partial charge on any atom is -0.310 e. The van der Waals surface area contributed by atoms with Crippen LogP contribution in [0.1, 0.15) is 69.0 Å². The predicted molar refractivity (Wildman–Crippen MR) is 88.4 cm³/mol. The number of halogens is 1. The van der Waals surface area contributed by atoms with Crippen LogP contribution in [0.5, 0.6) is 0 Å². The standard InChI is InChI=1S/C18H28ClN/c1-3-12-20-18(15-8-6-4-5-7-9-15)16-10-11-17(19)14(2)13-16/h10-11,13,15,18,20H,3-9,12H2,1-2H3. The summed E-state index contributed by atoms with van der Waals surface area (Å²) in [7, 11) is 0. The zero-order valence-electron chi connectivity index (χ0n) is 12.9. The SMILES string of the molecule is CCCNC(c1ccc(Cl)c(C)c1)C1CCCCCC1. The lowest BCUT2D eigenvalue weighted by molar-refractivity contribution is 0.325. The summed E-state index contributed by atoms with van der Waals surface area (Å²) in [6.07, 6.45) is 9.53. The molecule has 20 heavy (non-hydrogen) atoms. The van der Waals surface area contributed by atoms with E-state index < -0.39 is 0 Å². The van der Waals surface area contributed by atoms with E-state index in [0.717, 1.165) is 17.5 Å². The lowest BCUT2D eigenvalue weighted by Crippen LogP contribution is -2.29. The molecular formula is C18H28ClN. The molecule has 1 aliphatic rings. The second-order valence-electron chi connectivity index (χ2n) is 6.19. The first kappa shape index (κ1) is 15.9. The van der Waals surface area contributed by atoms with Crippen LogP contribution in [0.3, 0.4) is 0 Å². The predicted octanol–water partition coefficient (Wildman–Crippen LogP) is 5.66. The van der Waals surface area contributed by atoms with E-state index in [9.17, 15) is 0 Å². The zero-order chi connectivity index (χ0) is 14.4. The Morgan fingerprint density at radius 3 is 2.50 bits per heavy atom. The molecule has 2 rings (SSSR count). The molecule has 0 aliphatic heterocycles. The van der Waals surface area contributed by atoms with Gasteiger partial charge in [0.2, 0.25) is 0 Å². The van der Waals surface area contributed by atoms with Crippen molar-refractivity contribution in [1.29, 1.82) is 0 Å². The Kier molecular flexibility index (Phi) is 6.38. The van der Waals surface area contributed by atoms with Crippen LogP contribution in [-0.4, -0.2) is 6.54 Å². The summed E-state index contributed by atoms with van der Waals surface area (Å²) in [6, 6.07) is 7.06. The van der Waals surface area contributed by atoms with E-state index in [1.807, 2.05) is 0 Å². The molecule has 1 aliphatic carbocycles. The number of nitrogens with one attached hydrogen (secondary N) is 1. The van der Waals surface area contributed by atoms with E-state index in [-0.39, 0.29) is 0 Å².